The van der Waals surface area contributed by atoms with Crippen molar-refractivity contribution in [2.45, 2.75) is 46.1 Å². The summed E-state index contributed by atoms with van der Waals surface area (Å²) >= 11 is 0. The van der Waals surface area contributed by atoms with E-state index >= 15 is 0 Å². The number of hydrogen-bond acceptors (Lipinski definition) is 3. The van der Waals surface area contributed by atoms with Crippen LogP contribution in [0, 0.1) is 13.8 Å². The molecule has 1 N–H and O–H groups in total. The normalized spacial score (nSPS) is 13.1. The highest BCUT2D eigenvalue weighted by molar-refractivity contribution is 5.89. The standard InChI is InChI=1S/C27H30N4O2/c1-5-24(26(32)28-16-18(2)21-12-8-6-9-13-21)30-19(3)23-17-29-31(22-14-10-7-11-15-22)27(33)25(23)20(30)4/h6-15,17-18,24H,5,16H2,1-4H3,(H,28,32)/t18-,24+/m0/s1. The number of aromatic nitrogens is 3. The Labute approximate surface area is 193 Å². The van der Waals surface area contributed by atoms with Crippen molar-refractivity contribution >= 4 is 16.7 Å². The van der Waals surface area contributed by atoms with Gasteiger partial charge in [0.05, 0.1) is 17.3 Å². The second-order valence-corrected chi connectivity index (χ2v) is 8.51. The Bertz CT molecular complexity index is 1320. The number of carbonyl (C=O) groups is 1. The van der Waals surface area contributed by atoms with Crippen LogP contribution in [0.15, 0.2) is 71.7 Å². The lowest BCUT2D eigenvalue weighted by atomic mass is 10.0. The summed E-state index contributed by atoms with van der Waals surface area (Å²) < 4.78 is 3.41. The van der Waals surface area contributed by atoms with Crippen molar-refractivity contribution < 1.29 is 4.79 Å². The molecule has 170 valence electrons. The van der Waals surface area contributed by atoms with Crippen LogP contribution in [0.25, 0.3) is 16.5 Å². The van der Waals surface area contributed by atoms with E-state index in [4.69, 9.17) is 0 Å². The topological polar surface area (TPSA) is 68.9 Å². The van der Waals surface area contributed by atoms with E-state index in [1.165, 1.54) is 10.2 Å². The molecule has 0 aliphatic carbocycles. The van der Waals surface area contributed by atoms with Gasteiger partial charge in [0.1, 0.15) is 6.04 Å². The van der Waals surface area contributed by atoms with Gasteiger partial charge in [0, 0.05) is 23.3 Å². The van der Waals surface area contributed by atoms with Gasteiger partial charge in [-0.2, -0.15) is 9.78 Å². The summed E-state index contributed by atoms with van der Waals surface area (Å²) in [7, 11) is 0. The number of fused-ring (bicyclic) bond motifs is 1. The molecule has 0 radical (unpaired) electrons. The van der Waals surface area contributed by atoms with Gasteiger partial charge in [-0.15, -0.1) is 0 Å². The molecule has 1 amide bonds. The van der Waals surface area contributed by atoms with Gasteiger partial charge in [-0.05, 0) is 43.9 Å². The maximum Gasteiger partial charge on any atom is 0.281 e. The highest BCUT2D eigenvalue weighted by Gasteiger charge is 2.26. The van der Waals surface area contributed by atoms with Crippen LogP contribution in [0.2, 0.25) is 0 Å². The van der Waals surface area contributed by atoms with Crippen molar-refractivity contribution in [1.82, 2.24) is 19.7 Å². The van der Waals surface area contributed by atoms with E-state index < -0.39 is 6.04 Å². The number of benzene rings is 2. The van der Waals surface area contributed by atoms with Gasteiger partial charge in [-0.3, -0.25) is 9.59 Å². The molecule has 0 fully saturated rings. The van der Waals surface area contributed by atoms with Gasteiger partial charge >= 0.3 is 0 Å². The van der Waals surface area contributed by atoms with Crippen LogP contribution in [0.5, 0.6) is 0 Å². The third-order valence-corrected chi connectivity index (χ3v) is 6.41. The minimum Gasteiger partial charge on any atom is -0.354 e. The summed E-state index contributed by atoms with van der Waals surface area (Å²) in [4.78, 5) is 26.6. The number of nitrogens with one attached hydrogen (secondary N) is 1. The van der Waals surface area contributed by atoms with Crippen molar-refractivity contribution in [3.63, 3.8) is 0 Å². The number of hydrogen-bond donors (Lipinski definition) is 1. The molecule has 2 atom stereocenters. The van der Waals surface area contributed by atoms with E-state index in [-0.39, 0.29) is 17.4 Å². The zero-order valence-corrected chi connectivity index (χ0v) is 19.6. The number of carbonyl (C=O) groups excluding carboxylic acids is 1. The summed E-state index contributed by atoms with van der Waals surface area (Å²) in [5.41, 5.74) is 3.40. The van der Waals surface area contributed by atoms with Crippen molar-refractivity contribution in [3.8, 4) is 5.69 Å². The van der Waals surface area contributed by atoms with Crippen molar-refractivity contribution in [1.29, 1.82) is 0 Å². The van der Waals surface area contributed by atoms with E-state index in [2.05, 4.69) is 29.5 Å². The molecule has 4 rings (SSSR count). The maximum atomic E-state index is 13.4. The Morgan fingerprint density at radius 2 is 1.64 bits per heavy atom. The molecule has 0 aliphatic heterocycles. The summed E-state index contributed by atoms with van der Waals surface area (Å²) in [6, 6.07) is 19.1. The molecule has 33 heavy (non-hydrogen) atoms. The molecule has 0 saturated heterocycles. The monoisotopic (exact) mass is 442 g/mol. The molecule has 2 heterocycles. The lowest BCUT2D eigenvalue weighted by Gasteiger charge is -2.22. The fraction of sp³-hybridized carbons (Fsp3) is 0.296. The number of rotatable bonds is 7. The maximum absolute atomic E-state index is 13.4. The van der Waals surface area contributed by atoms with Gasteiger partial charge in [-0.25, -0.2) is 0 Å². The predicted molar refractivity (Wildman–Crippen MR) is 132 cm³/mol. The Morgan fingerprint density at radius 1 is 1.00 bits per heavy atom. The second-order valence-electron chi connectivity index (χ2n) is 8.51. The van der Waals surface area contributed by atoms with Gasteiger partial charge < -0.3 is 9.88 Å². The Balaban J connectivity index is 1.66. The zero-order valence-electron chi connectivity index (χ0n) is 19.6. The molecule has 2 aromatic carbocycles. The average Bonchev–Trinajstić information content (AvgIpc) is 3.10. The van der Waals surface area contributed by atoms with Crippen LogP contribution in [0.3, 0.4) is 0 Å². The first kappa shape index (κ1) is 22.5. The molecule has 2 aromatic heterocycles. The van der Waals surface area contributed by atoms with Gasteiger partial charge in [-0.1, -0.05) is 62.4 Å². The number of para-hydroxylation sites is 1. The molecule has 0 spiro atoms. The quantitative estimate of drug-likeness (QED) is 0.452. The van der Waals surface area contributed by atoms with Crippen molar-refractivity contribution in [2.24, 2.45) is 0 Å². The first-order valence-electron chi connectivity index (χ1n) is 11.4. The highest BCUT2D eigenvalue weighted by atomic mass is 16.2. The SMILES string of the molecule is CC[C@H](C(=O)NC[C@H](C)c1ccccc1)n1c(C)c2cnn(-c3ccccc3)c(=O)c2c1C. The van der Waals surface area contributed by atoms with Crippen LogP contribution >= 0.6 is 0 Å². The van der Waals surface area contributed by atoms with Gasteiger partial charge in [0.25, 0.3) is 5.56 Å². The number of amides is 1. The fourth-order valence-corrected chi connectivity index (χ4v) is 4.56. The number of aryl methyl sites for hydroxylation is 2. The van der Waals surface area contributed by atoms with Crippen molar-refractivity contribution in [3.05, 3.63) is 94.2 Å². The van der Waals surface area contributed by atoms with Crippen LogP contribution in [0.4, 0.5) is 0 Å². The zero-order chi connectivity index (χ0) is 23.5. The Kier molecular flexibility index (Phi) is 6.45. The molecule has 4 aromatic rings. The third-order valence-electron chi connectivity index (χ3n) is 6.41. The summed E-state index contributed by atoms with van der Waals surface area (Å²) in [5.74, 6) is 0.170. The first-order valence-corrected chi connectivity index (χ1v) is 11.4. The minimum atomic E-state index is -0.398. The third kappa shape index (κ3) is 4.21. The minimum absolute atomic E-state index is 0.0388. The second kappa shape index (κ2) is 9.45. The predicted octanol–water partition coefficient (Wildman–Crippen LogP) is 4.68. The molecule has 6 heteroatoms. The Morgan fingerprint density at radius 3 is 2.27 bits per heavy atom. The summed E-state index contributed by atoms with van der Waals surface area (Å²) in [6.45, 7) is 8.52. The fourth-order valence-electron chi connectivity index (χ4n) is 4.56. The van der Waals surface area contributed by atoms with E-state index in [9.17, 15) is 9.59 Å². The summed E-state index contributed by atoms with van der Waals surface area (Å²) in [5, 5.41) is 8.92. The van der Waals surface area contributed by atoms with Gasteiger partial charge in [0.2, 0.25) is 5.91 Å². The molecular formula is C27H30N4O2. The first-order chi connectivity index (χ1) is 15.9. The highest BCUT2D eigenvalue weighted by Crippen LogP contribution is 2.28. The van der Waals surface area contributed by atoms with E-state index in [0.29, 0.717) is 24.0 Å². The Hall–Kier alpha value is -3.67. The molecular weight excluding hydrogens is 412 g/mol. The largest absolute Gasteiger partial charge is 0.354 e. The molecule has 0 unspecified atom stereocenters. The average molecular weight is 443 g/mol. The molecule has 0 saturated carbocycles. The smallest absolute Gasteiger partial charge is 0.281 e. The summed E-state index contributed by atoms with van der Waals surface area (Å²) in [6.07, 6.45) is 2.35. The van der Waals surface area contributed by atoms with Crippen LogP contribution in [-0.4, -0.2) is 26.8 Å². The van der Waals surface area contributed by atoms with E-state index in [1.54, 1.807) is 6.20 Å². The molecule has 0 aliphatic rings. The molecule has 0 bridgehead atoms. The van der Waals surface area contributed by atoms with Crippen molar-refractivity contribution in [2.75, 3.05) is 6.54 Å². The van der Waals surface area contributed by atoms with Crippen LogP contribution < -0.4 is 10.9 Å². The lowest BCUT2D eigenvalue weighted by Crippen LogP contribution is -2.35. The van der Waals surface area contributed by atoms with Gasteiger partial charge in [0.15, 0.2) is 0 Å². The molecule has 6 nitrogen and oxygen atoms in total. The van der Waals surface area contributed by atoms with Crippen LogP contribution in [0.1, 0.15) is 49.2 Å². The number of nitrogens with zero attached hydrogens (tertiary/aromatic N) is 3. The van der Waals surface area contributed by atoms with Crippen LogP contribution in [-0.2, 0) is 4.79 Å². The lowest BCUT2D eigenvalue weighted by molar-refractivity contribution is -0.124. The van der Waals surface area contributed by atoms with E-state index in [0.717, 1.165) is 16.8 Å². The van der Waals surface area contributed by atoms with E-state index in [1.807, 2.05) is 73.9 Å².